The second-order valence-electron chi connectivity index (χ2n) is 10.4. The molecule has 0 rings (SSSR count). The number of carboxylic acids is 1. The van der Waals surface area contributed by atoms with Gasteiger partial charge in [0.25, 0.3) is 0 Å². The lowest BCUT2D eigenvalue weighted by Crippen LogP contribution is -2.46. The molecular weight excluding hydrogens is 534 g/mol. The highest BCUT2D eigenvalue weighted by Gasteiger charge is 2.14. The van der Waals surface area contributed by atoms with Crippen LogP contribution in [0.5, 0.6) is 0 Å². The molecule has 6 N–H and O–H groups in total. The zero-order chi connectivity index (χ0) is 33.3. The van der Waals surface area contributed by atoms with Gasteiger partial charge < -0.3 is 31.7 Å². The van der Waals surface area contributed by atoms with Gasteiger partial charge in [-0.1, -0.05) is 81.2 Å². The topological polar surface area (TPSA) is 149 Å². The number of carbonyl (C=O) groups is 4. The molecule has 42 heavy (non-hydrogen) atoms. The molecule has 3 atom stereocenters. The van der Waals surface area contributed by atoms with Gasteiger partial charge in [-0.05, 0) is 44.9 Å². The minimum absolute atomic E-state index is 0.0243. The van der Waals surface area contributed by atoms with E-state index >= 15 is 0 Å². The Morgan fingerprint density at radius 3 is 1.90 bits per heavy atom. The van der Waals surface area contributed by atoms with Crippen LogP contribution in [0.3, 0.4) is 0 Å². The van der Waals surface area contributed by atoms with Crippen LogP contribution in [0.4, 0.5) is 0 Å². The van der Waals surface area contributed by atoms with Gasteiger partial charge >= 0.3 is 5.97 Å². The van der Waals surface area contributed by atoms with Crippen molar-refractivity contribution in [2.24, 2.45) is 11.8 Å². The molecule has 0 fully saturated rings. The van der Waals surface area contributed by atoms with E-state index in [1.807, 2.05) is 20.8 Å². The number of allylic oxidation sites excluding steroid dienone is 1. The van der Waals surface area contributed by atoms with Crippen LogP contribution in [-0.2, 0) is 19.2 Å². The Morgan fingerprint density at radius 2 is 1.45 bits per heavy atom. The fraction of sp³-hybridized carbons (Fsp3) is 0.812. The largest absolute Gasteiger partial charge is 0.481 e. The lowest BCUT2D eigenvalue weighted by atomic mass is 10.0. The maximum atomic E-state index is 11.7. The van der Waals surface area contributed by atoms with Gasteiger partial charge in [0.2, 0.25) is 18.2 Å². The summed E-state index contributed by atoms with van der Waals surface area (Å²) in [5.41, 5.74) is 1.18. The van der Waals surface area contributed by atoms with Crippen molar-refractivity contribution < 1.29 is 24.3 Å². The van der Waals surface area contributed by atoms with Gasteiger partial charge in [-0.15, -0.1) is 0 Å². The average molecular weight is 602 g/mol. The lowest BCUT2D eigenvalue weighted by Gasteiger charge is -2.22. The number of aliphatic carboxylic acids is 1. The van der Waals surface area contributed by atoms with Gasteiger partial charge in [-0.2, -0.15) is 0 Å². The first kappa shape index (κ1) is 46.3. The molecule has 0 aliphatic rings. The fourth-order valence-corrected chi connectivity index (χ4v) is 3.46. The Balaban J connectivity index is -0.000000313. The molecule has 0 saturated heterocycles. The highest BCUT2D eigenvalue weighted by atomic mass is 16.4. The van der Waals surface area contributed by atoms with Gasteiger partial charge in [0, 0.05) is 50.3 Å². The van der Waals surface area contributed by atoms with Crippen LogP contribution in [0.25, 0.3) is 0 Å². The van der Waals surface area contributed by atoms with Crippen molar-refractivity contribution in [1.82, 2.24) is 26.6 Å². The summed E-state index contributed by atoms with van der Waals surface area (Å²) in [6.07, 6.45) is 7.64. The van der Waals surface area contributed by atoms with Crippen molar-refractivity contribution in [1.29, 1.82) is 0 Å². The van der Waals surface area contributed by atoms with Gasteiger partial charge in [-0.3, -0.25) is 19.2 Å². The van der Waals surface area contributed by atoms with Crippen LogP contribution in [0.1, 0.15) is 121 Å². The third-order valence-corrected chi connectivity index (χ3v) is 5.71. The standard InChI is InChI=1S/C16H32N4O2.C11H21NO3.C3H8.C2H6/c1-5-7-14(19-6-2)9-17-10-15(8-13(3)4)20-16(22)11-18-12-21;1-4-8(2)9(3)12-10(13)6-5-7-11(14)15;1-3-2;1-2/h7,12-13,15,17,19H,5-6,8-11H2,1-4H3,(H,18,21)(H,20,22);8-9H,4-7H2,1-3H3,(H,12,13)(H,14,15);3H2,1-2H3;1-2H3/b14-7+;;;. The molecular formula is C32H67N5O5. The van der Waals surface area contributed by atoms with Crippen molar-refractivity contribution in [2.75, 3.05) is 26.2 Å². The number of amides is 3. The molecule has 3 amide bonds. The van der Waals surface area contributed by atoms with E-state index in [4.69, 9.17) is 5.11 Å². The Kier molecular flexibility index (Phi) is 38.2. The van der Waals surface area contributed by atoms with E-state index in [2.05, 4.69) is 88.0 Å². The fourth-order valence-electron chi connectivity index (χ4n) is 3.46. The summed E-state index contributed by atoms with van der Waals surface area (Å²) < 4.78 is 0. The summed E-state index contributed by atoms with van der Waals surface area (Å²) >= 11 is 0. The molecule has 0 aromatic rings. The van der Waals surface area contributed by atoms with E-state index in [1.54, 1.807) is 0 Å². The quantitative estimate of drug-likeness (QED) is 0.108. The van der Waals surface area contributed by atoms with Crippen LogP contribution in [-0.4, -0.2) is 67.6 Å². The number of carboxylic acid groups (broad SMARTS) is 1. The van der Waals surface area contributed by atoms with E-state index in [9.17, 15) is 19.2 Å². The molecule has 0 spiro atoms. The highest BCUT2D eigenvalue weighted by molar-refractivity contribution is 5.80. The summed E-state index contributed by atoms with van der Waals surface area (Å²) in [5.74, 6) is -0.114. The molecule has 0 aromatic carbocycles. The van der Waals surface area contributed by atoms with Crippen LogP contribution in [0.15, 0.2) is 11.8 Å². The van der Waals surface area contributed by atoms with Gasteiger partial charge in [0.05, 0.1) is 6.54 Å². The van der Waals surface area contributed by atoms with E-state index in [1.165, 1.54) is 12.1 Å². The number of rotatable bonds is 20. The highest BCUT2D eigenvalue weighted by Crippen LogP contribution is 2.07. The summed E-state index contributed by atoms with van der Waals surface area (Å²) in [5, 5.41) is 23.3. The number of likely N-dealkylation sites (N-methyl/N-ethyl adjacent to an activating group) is 1. The zero-order valence-electron chi connectivity index (χ0n) is 28.8. The first-order valence-corrected chi connectivity index (χ1v) is 16.0. The molecule has 0 aromatic heterocycles. The minimum Gasteiger partial charge on any atom is -0.481 e. The van der Waals surface area contributed by atoms with Crippen molar-refractivity contribution in [2.45, 2.75) is 133 Å². The summed E-state index contributed by atoms with van der Waals surface area (Å²) in [4.78, 5) is 43.5. The van der Waals surface area contributed by atoms with E-state index in [-0.39, 0.29) is 36.9 Å². The number of hydrogen-bond acceptors (Lipinski definition) is 6. The maximum Gasteiger partial charge on any atom is 0.303 e. The Morgan fingerprint density at radius 1 is 0.857 bits per heavy atom. The lowest BCUT2D eigenvalue weighted by molar-refractivity contribution is -0.137. The van der Waals surface area contributed by atoms with E-state index < -0.39 is 5.97 Å². The number of hydrogen-bond donors (Lipinski definition) is 6. The Labute approximate surface area is 258 Å². The summed E-state index contributed by atoms with van der Waals surface area (Å²) in [6, 6.07) is 0.220. The van der Waals surface area contributed by atoms with Crippen molar-refractivity contribution in [3.63, 3.8) is 0 Å². The molecule has 10 heteroatoms. The maximum absolute atomic E-state index is 11.7. The monoisotopic (exact) mass is 602 g/mol. The average Bonchev–Trinajstić information content (AvgIpc) is 2.93. The first-order valence-electron chi connectivity index (χ1n) is 16.0. The molecule has 0 aliphatic heterocycles. The van der Waals surface area contributed by atoms with E-state index in [0.29, 0.717) is 37.6 Å². The second kappa shape index (κ2) is 34.6. The van der Waals surface area contributed by atoms with Crippen LogP contribution < -0.4 is 26.6 Å². The van der Waals surface area contributed by atoms with Crippen molar-refractivity contribution in [3.05, 3.63) is 11.8 Å². The molecule has 250 valence electrons. The molecule has 0 bridgehead atoms. The minimum atomic E-state index is -0.849. The molecule has 0 radical (unpaired) electrons. The third-order valence-electron chi connectivity index (χ3n) is 5.71. The first-order chi connectivity index (χ1) is 19.9. The SMILES string of the molecule is CC.CC/C=C(\CNCC(CC(C)C)NC(=O)CNC=O)NCC.CCC.CCC(C)C(C)NC(=O)CCCC(=O)O. The summed E-state index contributed by atoms with van der Waals surface area (Å²) in [6.45, 7) is 25.2. The van der Waals surface area contributed by atoms with Crippen LogP contribution in [0, 0.1) is 11.8 Å². The zero-order valence-corrected chi connectivity index (χ0v) is 28.8. The molecule has 10 nitrogen and oxygen atoms in total. The Bertz CT molecular complexity index is 686. The summed E-state index contributed by atoms with van der Waals surface area (Å²) in [7, 11) is 0. The van der Waals surface area contributed by atoms with Crippen molar-refractivity contribution >= 4 is 24.2 Å². The van der Waals surface area contributed by atoms with Crippen molar-refractivity contribution in [3.8, 4) is 0 Å². The number of nitrogens with one attached hydrogen (secondary N) is 5. The normalized spacial score (nSPS) is 12.4. The molecule has 3 unspecified atom stereocenters. The van der Waals surface area contributed by atoms with Crippen LogP contribution >= 0.6 is 0 Å². The molecule has 0 heterocycles. The molecule has 0 aliphatic carbocycles. The van der Waals surface area contributed by atoms with E-state index in [0.717, 1.165) is 32.4 Å². The predicted molar refractivity (Wildman–Crippen MR) is 176 cm³/mol. The van der Waals surface area contributed by atoms with Gasteiger partial charge in [0.15, 0.2) is 0 Å². The van der Waals surface area contributed by atoms with Crippen LogP contribution in [0.2, 0.25) is 0 Å². The number of carbonyl (C=O) groups excluding carboxylic acids is 3. The third kappa shape index (κ3) is 35.4. The molecule has 0 saturated carbocycles. The van der Waals surface area contributed by atoms with Gasteiger partial charge in [-0.25, -0.2) is 0 Å². The Hall–Kier alpha value is -2.62. The predicted octanol–water partition coefficient (Wildman–Crippen LogP) is 4.99. The smallest absolute Gasteiger partial charge is 0.303 e. The second-order valence-corrected chi connectivity index (χ2v) is 10.4. The van der Waals surface area contributed by atoms with Gasteiger partial charge in [0.1, 0.15) is 0 Å².